The monoisotopic (exact) mass is 203 g/mol. The third-order valence-corrected chi connectivity index (χ3v) is 4.19. The minimum absolute atomic E-state index is 0.327. The number of Topliss-reactive ketones (excluding diaryl/α,β-unsaturated/α-hetero) is 1. The van der Waals surface area contributed by atoms with E-state index < -0.39 is 0 Å². The SMILES string of the molecule is CCc1[nH]c(C)c2c1C1CCC(=O)C1C2. The highest BCUT2D eigenvalue weighted by Gasteiger charge is 2.43. The second-order valence-corrected chi connectivity index (χ2v) is 4.90. The number of hydrogen-bond acceptors (Lipinski definition) is 1. The highest BCUT2D eigenvalue weighted by atomic mass is 16.1. The number of hydrogen-bond donors (Lipinski definition) is 1. The zero-order valence-corrected chi connectivity index (χ0v) is 9.39. The van der Waals surface area contributed by atoms with Gasteiger partial charge in [-0.05, 0) is 43.2 Å². The molecular weight excluding hydrogens is 186 g/mol. The number of aryl methyl sites for hydroxylation is 2. The highest BCUT2D eigenvalue weighted by Crippen LogP contribution is 2.48. The summed E-state index contributed by atoms with van der Waals surface area (Å²) in [6.45, 7) is 4.33. The minimum atomic E-state index is 0.327. The summed E-state index contributed by atoms with van der Waals surface area (Å²) in [5, 5.41) is 0. The number of fused-ring (bicyclic) bond motifs is 3. The fraction of sp³-hybridized carbons (Fsp3) is 0.615. The molecule has 80 valence electrons. The van der Waals surface area contributed by atoms with Gasteiger partial charge in [-0.25, -0.2) is 0 Å². The molecule has 0 aliphatic heterocycles. The molecule has 1 aromatic rings. The van der Waals surface area contributed by atoms with Crippen LogP contribution in [-0.4, -0.2) is 10.8 Å². The van der Waals surface area contributed by atoms with Gasteiger partial charge < -0.3 is 4.98 Å². The van der Waals surface area contributed by atoms with Gasteiger partial charge in [0.1, 0.15) is 5.78 Å². The summed E-state index contributed by atoms with van der Waals surface area (Å²) in [5.41, 5.74) is 5.63. The number of nitrogens with one attached hydrogen (secondary N) is 1. The molecule has 3 rings (SSSR count). The molecule has 2 heteroatoms. The first-order chi connectivity index (χ1) is 7.22. The number of H-pyrrole nitrogens is 1. The van der Waals surface area contributed by atoms with Gasteiger partial charge in [-0.15, -0.1) is 0 Å². The maximum absolute atomic E-state index is 11.7. The Morgan fingerprint density at radius 2 is 2.20 bits per heavy atom. The maximum atomic E-state index is 11.7. The van der Waals surface area contributed by atoms with Gasteiger partial charge in [0, 0.05) is 23.7 Å². The Kier molecular flexibility index (Phi) is 1.82. The third-order valence-electron chi connectivity index (χ3n) is 4.19. The van der Waals surface area contributed by atoms with Crippen LogP contribution in [0.1, 0.15) is 48.2 Å². The maximum Gasteiger partial charge on any atom is 0.136 e. The summed E-state index contributed by atoms with van der Waals surface area (Å²) in [6.07, 6.45) is 3.96. The molecule has 2 nitrogen and oxygen atoms in total. The van der Waals surface area contributed by atoms with Crippen LogP contribution in [0.4, 0.5) is 0 Å². The molecule has 1 N–H and O–H groups in total. The average molecular weight is 203 g/mol. The lowest BCUT2D eigenvalue weighted by molar-refractivity contribution is -0.120. The smallest absolute Gasteiger partial charge is 0.136 e. The van der Waals surface area contributed by atoms with Crippen molar-refractivity contribution in [2.24, 2.45) is 5.92 Å². The summed E-state index contributed by atoms with van der Waals surface area (Å²) < 4.78 is 0. The van der Waals surface area contributed by atoms with E-state index in [0.29, 0.717) is 17.6 Å². The number of aromatic nitrogens is 1. The molecule has 15 heavy (non-hydrogen) atoms. The standard InChI is InChI=1S/C13H17NO/c1-3-11-13-8-4-5-12(15)10(8)6-9(13)7(2)14-11/h8,10,14H,3-6H2,1-2H3. The van der Waals surface area contributed by atoms with E-state index in [1.54, 1.807) is 0 Å². The van der Waals surface area contributed by atoms with Crippen LogP contribution in [0.25, 0.3) is 0 Å². The summed E-state index contributed by atoms with van der Waals surface area (Å²) in [6, 6.07) is 0. The molecule has 0 spiro atoms. The zero-order valence-electron chi connectivity index (χ0n) is 9.39. The van der Waals surface area contributed by atoms with Gasteiger partial charge in [-0.2, -0.15) is 0 Å². The molecule has 1 fully saturated rings. The Balaban J connectivity index is 2.11. The predicted molar refractivity (Wildman–Crippen MR) is 59.1 cm³/mol. The molecule has 1 heterocycles. The number of rotatable bonds is 1. The van der Waals surface area contributed by atoms with Gasteiger partial charge in [0.05, 0.1) is 0 Å². The van der Waals surface area contributed by atoms with Crippen LogP contribution in [0.3, 0.4) is 0 Å². The molecule has 2 atom stereocenters. The largest absolute Gasteiger partial charge is 0.362 e. The van der Waals surface area contributed by atoms with Gasteiger partial charge in [-0.1, -0.05) is 6.92 Å². The Morgan fingerprint density at radius 1 is 1.40 bits per heavy atom. The van der Waals surface area contributed by atoms with Crippen molar-refractivity contribution in [2.45, 2.75) is 45.4 Å². The Labute approximate surface area is 90.1 Å². The van der Waals surface area contributed by atoms with Crippen molar-refractivity contribution in [3.8, 4) is 0 Å². The number of carbonyl (C=O) groups excluding carboxylic acids is 1. The topological polar surface area (TPSA) is 32.9 Å². The molecule has 2 aliphatic rings. The van der Waals surface area contributed by atoms with Crippen LogP contribution in [0, 0.1) is 12.8 Å². The fourth-order valence-electron chi connectivity index (χ4n) is 3.47. The second-order valence-electron chi connectivity index (χ2n) is 4.90. The quantitative estimate of drug-likeness (QED) is 0.747. The number of ketones is 1. The lowest BCUT2D eigenvalue weighted by Crippen LogP contribution is -2.10. The van der Waals surface area contributed by atoms with Crippen molar-refractivity contribution in [3.05, 3.63) is 22.5 Å². The normalized spacial score (nSPS) is 28.3. The van der Waals surface area contributed by atoms with E-state index in [4.69, 9.17) is 0 Å². The third kappa shape index (κ3) is 1.08. The Hall–Kier alpha value is -1.05. The van der Waals surface area contributed by atoms with Gasteiger partial charge in [0.25, 0.3) is 0 Å². The van der Waals surface area contributed by atoms with Gasteiger partial charge in [-0.3, -0.25) is 4.79 Å². The number of aromatic amines is 1. The Morgan fingerprint density at radius 3 is 2.93 bits per heavy atom. The Bertz CT molecular complexity index is 430. The molecule has 0 saturated heterocycles. The molecule has 2 unspecified atom stereocenters. The molecule has 1 saturated carbocycles. The number of carbonyl (C=O) groups is 1. The molecule has 0 bridgehead atoms. The van der Waals surface area contributed by atoms with Gasteiger partial charge >= 0.3 is 0 Å². The zero-order chi connectivity index (χ0) is 10.6. The highest BCUT2D eigenvalue weighted by molar-refractivity contribution is 5.86. The lowest BCUT2D eigenvalue weighted by atomic mass is 9.95. The van der Waals surface area contributed by atoms with Crippen LogP contribution in [-0.2, 0) is 17.6 Å². The summed E-state index contributed by atoms with van der Waals surface area (Å²) >= 11 is 0. The van der Waals surface area contributed by atoms with Crippen molar-refractivity contribution in [2.75, 3.05) is 0 Å². The fourth-order valence-corrected chi connectivity index (χ4v) is 3.47. The van der Waals surface area contributed by atoms with E-state index >= 15 is 0 Å². The molecule has 1 aromatic heterocycles. The average Bonchev–Trinajstić information content (AvgIpc) is 2.82. The van der Waals surface area contributed by atoms with E-state index in [2.05, 4.69) is 18.8 Å². The first-order valence-corrected chi connectivity index (χ1v) is 5.95. The molecule has 2 aliphatic carbocycles. The minimum Gasteiger partial charge on any atom is -0.362 e. The van der Waals surface area contributed by atoms with Crippen molar-refractivity contribution in [3.63, 3.8) is 0 Å². The lowest BCUT2D eigenvalue weighted by Gasteiger charge is -2.09. The van der Waals surface area contributed by atoms with Crippen LogP contribution >= 0.6 is 0 Å². The van der Waals surface area contributed by atoms with Crippen LogP contribution in [0.2, 0.25) is 0 Å². The van der Waals surface area contributed by atoms with E-state index in [1.165, 1.54) is 22.5 Å². The van der Waals surface area contributed by atoms with Gasteiger partial charge in [0.15, 0.2) is 0 Å². The second kappa shape index (κ2) is 2.97. The van der Waals surface area contributed by atoms with E-state index in [-0.39, 0.29) is 0 Å². The first-order valence-electron chi connectivity index (χ1n) is 5.95. The predicted octanol–water partition coefficient (Wildman–Crippen LogP) is 2.50. The van der Waals surface area contributed by atoms with Crippen LogP contribution < -0.4 is 0 Å². The van der Waals surface area contributed by atoms with Crippen LogP contribution in [0.5, 0.6) is 0 Å². The summed E-state index contributed by atoms with van der Waals surface area (Å²) in [7, 11) is 0. The first kappa shape index (κ1) is 9.20. The molecule has 0 aromatic carbocycles. The summed E-state index contributed by atoms with van der Waals surface area (Å²) in [5.74, 6) is 1.37. The molecule has 0 amide bonds. The van der Waals surface area contributed by atoms with E-state index in [0.717, 1.165) is 25.7 Å². The van der Waals surface area contributed by atoms with E-state index in [9.17, 15) is 4.79 Å². The van der Waals surface area contributed by atoms with E-state index in [1.807, 2.05) is 0 Å². The van der Waals surface area contributed by atoms with Crippen molar-refractivity contribution in [1.29, 1.82) is 0 Å². The van der Waals surface area contributed by atoms with Crippen molar-refractivity contribution >= 4 is 5.78 Å². The van der Waals surface area contributed by atoms with Crippen molar-refractivity contribution < 1.29 is 4.79 Å². The molecule has 0 radical (unpaired) electrons. The van der Waals surface area contributed by atoms with Crippen molar-refractivity contribution in [1.82, 2.24) is 4.98 Å². The summed E-state index contributed by atoms with van der Waals surface area (Å²) in [4.78, 5) is 15.2. The van der Waals surface area contributed by atoms with Gasteiger partial charge in [0.2, 0.25) is 0 Å². The van der Waals surface area contributed by atoms with Crippen LogP contribution in [0.15, 0.2) is 0 Å². The molecular formula is C13H17NO.